The van der Waals surface area contributed by atoms with E-state index in [0.29, 0.717) is 19.6 Å². The molecule has 0 unspecified atom stereocenters. The van der Waals surface area contributed by atoms with Crippen molar-refractivity contribution in [2.24, 2.45) is 0 Å². The van der Waals surface area contributed by atoms with Gasteiger partial charge in [-0.15, -0.1) is 0 Å². The number of hydrogen-bond donors (Lipinski definition) is 1. The summed E-state index contributed by atoms with van der Waals surface area (Å²) >= 11 is 0. The lowest BCUT2D eigenvalue weighted by Gasteiger charge is -2.05. The number of ether oxygens (including phenoxy) is 1. The van der Waals surface area contributed by atoms with Crippen LogP contribution in [0.15, 0.2) is 30.3 Å². The molecule has 0 amide bonds. The van der Waals surface area contributed by atoms with E-state index in [4.69, 9.17) is 9.84 Å². The van der Waals surface area contributed by atoms with Crippen LogP contribution >= 0.6 is 0 Å². The third-order valence-corrected chi connectivity index (χ3v) is 8.28. The van der Waals surface area contributed by atoms with Gasteiger partial charge in [-0.2, -0.15) is 0 Å². The fourth-order valence-electron chi connectivity index (χ4n) is 5.61. The van der Waals surface area contributed by atoms with E-state index in [1.165, 1.54) is 154 Å². The molecule has 1 rings (SSSR count). The van der Waals surface area contributed by atoms with Crippen LogP contribution in [0.3, 0.4) is 0 Å². The molecule has 40 heavy (non-hydrogen) atoms. The number of aliphatic hydroxyl groups is 1. The van der Waals surface area contributed by atoms with Crippen molar-refractivity contribution in [2.45, 2.75) is 186 Å². The molecule has 0 saturated heterocycles. The minimum atomic E-state index is -0.0610. The number of benzene rings is 1. The van der Waals surface area contributed by atoms with E-state index in [2.05, 4.69) is 0 Å². The lowest BCUT2D eigenvalue weighted by Crippen LogP contribution is -2.04. The maximum Gasteiger partial charge on any atom is 0.306 e. The minimum Gasteiger partial charge on any atom is -0.461 e. The average molecular weight is 559 g/mol. The van der Waals surface area contributed by atoms with Crippen molar-refractivity contribution in [3.05, 3.63) is 35.9 Å². The van der Waals surface area contributed by atoms with E-state index in [1.807, 2.05) is 30.3 Å². The van der Waals surface area contributed by atoms with E-state index in [1.54, 1.807) is 0 Å². The lowest BCUT2D eigenvalue weighted by atomic mass is 10.0. The summed E-state index contributed by atoms with van der Waals surface area (Å²) in [5.41, 5.74) is 1.06. The third kappa shape index (κ3) is 26.9. The SMILES string of the molecule is O=C(CCCCCCCCCCCCCCCCCCCCCCCCCCCCCO)OCc1ccccc1. The Morgan fingerprint density at radius 2 is 0.750 bits per heavy atom. The Morgan fingerprint density at radius 1 is 0.450 bits per heavy atom. The van der Waals surface area contributed by atoms with Gasteiger partial charge in [0, 0.05) is 13.0 Å². The Labute approximate surface area is 249 Å². The van der Waals surface area contributed by atoms with Gasteiger partial charge in [0.1, 0.15) is 6.61 Å². The summed E-state index contributed by atoms with van der Waals surface area (Å²) in [7, 11) is 0. The standard InChI is InChI=1S/C37H66O3/c38-34-30-25-23-21-19-17-15-13-11-9-7-5-3-1-2-4-6-8-10-12-14-16-18-20-22-24-29-33-37(39)40-35-36-31-27-26-28-32-36/h26-28,31-32,38H,1-25,29-30,33-35H2. The quantitative estimate of drug-likeness (QED) is 0.0728. The Bertz CT molecular complexity index is 630. The van der Waals surface area contributed by atoms with Crippen molar-refractivity contribution < 1.29 is 14.6 Å². The molecular weight excluding hydrogens is 492 g/mol. The van der Waals surface area contributed by atoms with Crippen LogP contribution in [0.4, 0.5) is 0 Å². The van der Waals surface area contributed by atoms with E-state index in [9.17, 15) is 4.79 Å². The first-order chi connectivity index (χ1) is 19.8. The minimum absolute atomic E-state index is 0.0610. The van der Waals surface area contributed by atoms with Gasteiger partial charge >= 0.3 is 5.97 Å². The predicted octanol–water partition coefficient (Wildman–Crippen LogP) is 11.6. The molecule has 0 aliphatic carbocycles. The zero-order valence-corrected chi connectivity index (χ0v) is 26.4. The molecule has 0 atom stereocenters. The maximum atomic E-state index is 11.8. The summed E-state index contributed by atoms with van der Waals surface area (Å²) in [5, 5.41) is 8.78. The molecule has 0 bridgehead atoms. The topological polar surface area (TPSA) is 46.5 Å². The molecule has 3 heteroatoms. The highest BCUT2D eigenvalue weighted by atomic mass is 16.5. The number of carbonyl (C=O) groups is 1. The van der Waals surface area contributed by atoms with Crippen molar-refractivity contribution in [2.75, 3.05) is 6.61 Å². The van der Waals surface area contributed by atoms with Crippen LogP contribution in [0.1, 0.15) is 185 Å². The third-order valence-electron chi connectivity index (χ3n) is 8.28. The van der Waals surface area contributed by atoms with Gasteiger partial charge in [0.15, 0.2) is 0 Å². The van der Waals surface area contributed by atoms with Gasteiger partial charge < -0.3 is 9.84 Å². The molecule has 0 aliphatic rings. The van der Waals surface area contributed by atoms with Crippen molar-refractivity contribution in [1.29, 1.82) is 0 Å². The van der Waals surface area contributed by atoms with Gasteiger partial charge in [-0.25, -0.2) is 0 Å². The summed E-state index contributed by atoms with van der Waals surface area (Å²) < 4.78 is 5.35. The molecule has 0 aromatic heterocycles. The first kappa shape index (κ1) is 36.7. The normalized spacial score (nSPS) is 11.2. The smallest absolute Gasteiger partial charge is 0.306 e. The van der Waals surface area contributed by atoms with E-state index >= 15 is 0 Å². The molecule has 0 radical (unpaired) electrons. The Morgan fingerprint density at radius 3 is 1.07 bits per heavy atom. The van der Waals surface area contributed by atoms with Crippen LogP contribution in [0.25, 0.3) is 0 Å². The fourth-order valence-corrected chi connectivity index (χ4v) is 5.61. The van der Waals surface area contributed by atoms with Gasteiger partial charge in [0.05, 0.1) is 0 Å². The zero-order chi connectivity index (χ0) is 28.6. The van der Waals surface area contributed by atoms with Gasteiger partial charge in [-0.3, -0.25) is 4.79 Å². The van der Waals surface area contributed by atoms with Crippen LogP contribution < -0.4 is 0 Å². The van der Waals surface area contributed by atoms with Crippen molar-refractivity contribution in [3.63, 3.8) is 0 Å². The second-order valence-corrected chi connectivity index (χ2v) is 12.2. The first-order valence-corrected chi connectivity index (χ1v) is 17.6. The number of carbonyl (C=O) groups excluding carboxylic acids is 1. The molecule has 0 heterocycles. The van der Waals surface area contributed by atoms with Gasteiger partial charge in [0.25, 0.3) is 0 Å². The highest BCUT2D eigenvalue weighted by molar-refractivity contribution is 5.69. The van der Waals surface area contributed by atoms with Crippen LogP contribution in [0.5, 0.6) is 0 Å². The van der Waals surface area contributed by atoms with Crippen LogP contribution in [0.2, 0.25) is 0 Å². The number of esters is 1. The molecule has 0 aliphatic heterocycles. The highest BCUT2D eigenvalue weighted by Gasteiger charge is 2.03. The highest BCUT2D eigenvalue weighted by Crippen LogP contribution is 2.16. The molecule has 232 valence electrons. The predicted molar refractivity (Wildman–Crippen MR) is 173 cm³/mol. The van der Waals surface area contributed by atoms with E-state index in [-0.39, 0.29) is 5.97 Å². The molecule has 3 nitrogen and oxygen atoms in total. The van der Waals surface area contributed by atoms with Crippen LogP contribution in [0, 0.1) is 0 Å². The second kappa shape index (κ2) is 30.6. The molecule has 1 aromatic carbocycles. The molecule has 1 N–H and O–H groups in total. The first-order valence-electron chi connectivity index (χ1n) is 17.6. The monoisotopic (exact) mass is 559 g/mol. The summed E-state index contributed by atoms with van der Waals surface area (Å²) in [4.78, 5) is 11.8. The zero-order valence-electron chi connectivity index (χ0n) is 26.4. The van der Waals surface area contributed by atoms with Crippen LogP contribution in [-0.2, 0) is 16.1 Å². The largest absolute Gasteiger partial charge is 0.461 e. The number of aliphatic hydroxyl groups excluding tert-OH is 1. The van der Waals surface area contributed by atoms with E-state index in [0.717, 1.165) is 24.8 Å². The summed E-state index contributed by atoms with van der Waals surface area (Å²) in [6.07, 6.45) is 37.2. The fraction of sp³-hybridized carbons (Fsp3) is 0.811. The Kier molecular flexibility index (Phi) is 28.1. The summed E-state index contributed by atoms with van der Waals surface area (Å²) in [6, 6.07) is 9.91. The molecule has 0 saturated carbocycles. The van der Waals surface area contributed by atoms with E-state index < -0.39 is 0 Å². The molecular formula is C37H66O3. The lowest BCUT2D eigenvalue weighted by molar-refractivity contribution is -0.145. The van der Waals surface area contributed by atoms with Crippen LogP contribution in [-0.4, -0.2) is 17.7 Å². The number of rotatable bonds is 31. The summed E-state index contributed by atoms with van der Waals surface area (Å²) in [6.45, 7) is 0.763. The molecule has 1 aromatic rings. The second-order valence-electron chi connectivity index (χ2n) is 12.2. The van der Waals surface area contributed by atoms with Crippen molar-refractivity contribution in [3.8, 4) is 0 Å². The Hall–Kier alpha value is -1.35. The number of unbranched alkanes of at least 4 members (excludes halogenated alkanes) is 26. The average Bonchev–Trinajstić information content (AvgIpc) is 2.98. The molecule has 0 spiro atoms. The Balaban J connectivity index is 1.66. The van der Waals surface area contributed by atoms with Gasteiger partial charge in [-0.05, 0) is 18.4 Å². The maximum absolute atomic E-state index is 11.8. The van der Waals surface area contributed by atoms with Gasteiger partial charge in [-0.1, -0.05) is 191 Å². The summed E-state index contributed by atoms with van der Waals surface area (Å²) in [5.74, 6) is -0.0610. The van der Waals surface area contributed by atoms with Crippen molar-refractivity contribution >= 4 is 5.97 Å². The number of hydrogen-bond acceptors (Lipinski definition) is 3. The molecule has 0 fully saturated rings. The van der Waals surface area contributed by atoms with Crippen molar-refractivity contribution in [1.82, 2.24) is 0 Å². The van der Waals surface area contributed by atoms with Gasteiger partial charge in [0.2, 0.25) is 0 Å².